The van der Waals surface area contributed by atoms with Crippen molar-refractivity contribution in [2.45, 2.75) is 19.7 Å². The van der Waals surface area contributed by atoms with Crippen LogP contribution in [0.15, 0.2) is 42.5 Å². The molecule has 134 valence electrons. The number of rotatable bonds is 4. The van der Waals surface area contributed by atoms with Crippen LogP contribution in [0.25, 0.3) is 0 Å². The van der Waals surface area contributed by atoms with Gasteiger partial charge < -0.3 is 10.1 Å². The third-order valence-electron chi connectivity index (χ3n) is 3.80. The Morgan fingerprint density at radius 3 is 2.44 bits per heavy atom. The van der Waals surface area contributed by atoms with Crippen LogP contribution in [-0.4, -0.2) is 20.1 Å². The van der Waals surface area contributed by atoms with Crippen LogP contribution in [-0.2, 0) is 12.8 Å². The van der Waals surface area contributed by atoms with Crippen LogP contribution in [0.1, 0.15) is 16.7 Å². The maximum absolute atomic E-state index is 13.4. The summed E-state index contributed by atoms with van der Waals surface area (Å²) in [6, 6.07) is 10.3. The highest BCUT2D eigenvalue weighted by atomic mass is 19.4. The fraction of sp³-hybridized carbons (Fsp3) is 0.278. The Morgan fingerprint density at radius 1 is 1.16 bits per heavy atom. The second kappa shape index (κ2) is 7.46. The minimum absolute atomic E-state index is 0.0932. The Balaban J connectivity index is 2.45. The Kier molecular flexibility index (Phi) is 5.56. The van der Waals surface area contributed by atoms with Crippen molar-refractivity contribution in [1.29, 1.82) is 0 Å². The molecule has 25 heavy (non-hydrogen) atoms. The van der Waals surface area contributed by atoms with Crippen molar-refractivity contribution in [2.75, 3.05) is 19.0 Å². The molecule has 2 aromatic carbocycles. The average molecular weight is 352 g/mol. The molecule has 2 amide bonds. The number of halogens is 3. The molecule has 0 unspecified atom stereocenters. The number of amides is 2. The van der Waals surface area contributed by atoms with Crippen molar-refractivity contribution in [3.63, 3.8) is 0 Å². The molecule has 0 fully saturated rings. The summed E-state index contributed by atoms with van der Waals surface area (Å²) >= 11 is 0. The molecule has 0 spiro atoms. The van der Waals surface area contributed by atoms with Crippen molar-refractivity contribution in [3.05, 3.63) is 59.2 Å². The zero-order chi connectivity index (χ0) is 18.6. The van der Waals surface area contributed by atoms with Gasteiger partial charge in [0.2, 0.25) is 0 Å². The molecule has 2 aromatic rings. The zero-order valence-corrected chi connectivity index (χ0v) is 14.1. The van der Waals surface area contributed by atoms with Crippen LogP contribution in [0.4, 0.5) is 23.7 Å². The molecule has 0 aliphatic heterocycles. The van der Waals surface area contributed by atoms with Crippen LogP contribution >= 0.6 is 0 Å². The van der Waals surface area contributed by atoms with Gasteiger partial charge >= 0.3 is 12.2 Å². The van der Waals surface area contributed by atoms with Crippen LogP contribution in [0.2, 0.25) is 0 Å². The van der Waals surface area contributed by atoms with E-state index in [0.29, 0.717) is 5.75 Å². The minimum atomic E-state index is -4.55. The number of para-hydroxylation sites is 1. The van der Waals surface area contributed by atoms with Crippen molar-refractivity contribution in [2.24, 2.45) is 0 Å². The Morgan fingerprint density at radius 2 is 1.84 bits per heavy atom. The summed E-state index contributed by atoms with van der Waals surface area (Å²) in [7, 11) is 2.82. The number of aryl methyl sites for hydroxylation is 1. The van der Waals surface area contributed by atoms with E-state index < -0.39 is 17.8 Å². The Hall–Kier alpha value is -2.70. The number of ether oxygens (including phenoxy) is 1. The van der Waals surface area contributed by atoms with E-state index in [4.69, 9.17) is 4.74 Å². The third-order valence-corrected chi connectivity index (χ3v) is 3.80. The molecule has 0 aliphatic rings. The summed E-state index contributed by atoms with van der Waals surface area (Å²) in [4.78, 5) is 13.0. The number of carbonyl (C=O) groups is 1. The summed E-state index contributed by atoms with van der Waals surface area (Å²) < 4.78 is 45.8. The van der Waals surface area contributed by atoms with Gasteiger partial charge in [-0.2, -0.15) is 13.2 Å². The van der Waals surface area contributed by atoms with Gasteiger partial charge in [-0.1, -0.05) is 24.3 Å². The average Bonchev–Trinajstić information content (AvgIpc) is 2.58. The van der Waals surface area contributed by atoms with Crippen LogP contribution in [0, 0.1) is 6.92 Å². The van der Waals surface area contributed by atoms with Gasteiger partial charge in [-0.15, -0.1) is 0 Å². The molecule has 0 bridgehead atoms. The number of carbonyl (C=O) groups excluding carboxylic acids is 1. The van der Waals surface area contributed by atoms with Gasteiger partial charge in [0.25, 0.3) is 0 Å². The van der Waals surface area contributed by atoms with E-state index >= 15 is 0 Å². The van der Waals surface area contributed by atoms with Crippen LogP contribution < -0.4 is 15.0 Å². The fourth-order valence-electron chi connectivity index (χ4n) is 2.45. The summed E-state index contributed by atoms with van der Waals surface area (Å²) in [6.45, 7) is 1.50. The number of anilines is 1. The zero-order valence-electron chi connectivity index (χ0n) is 14.1. The third kappa shape index (κ3) is 4.23. The predicted molar refractivity (Wildman–Crippen MR) is 89.8 cm³/mol. The summed E-state index contributed by atoms with van der Waals surface area (Å²) in [6.07, 6.45) is -4.55. The summed E-state index contributed by atoms with van der Waals surface area (Å²) in [5, 5.41) is 2.40. The van der Waals surface area contributed by atoms with E-state index in [0.717, 1.165) is 16.5 Å². The number of urea groups is 1. The molecule has 0 saturated carbocycles. The SMILES string of the molecule is CNC(=O)N(C)c1cccc(C(F)(F)F)c1COc1ccccc1C. The Bertz CT molecular complexity index is 760. The lowest BCUT2D eigenvalue weighted by Gasteiger charge is -2.23. The molecular formula is C18H19F3N2O2. The maximum atomic E-state index is 13.4. The van der Waals surface area contributed by atoms with Crippen molar-refractivity contribution < 1.29 is 22.7 Å². The van der Waals surface area contributed by atoms with Crippen molar-refractivity contribution >= 4 is 11.7 Å². The maximum Gasteiger partial charge on any atom is 0.416 e. The monoisotopic (exact) mass is 352 g/mol. The minimum Gasteiger partial charge on any atom is -0.489 e. The van der Waals surface area contributed by atoms with Crippen LogP contribution in [0.5, 0.6) is 5.75 Å². The number of hydrogen-bond acceptors (Lipinski definition) is 2. The van der Waals surface area contributed by atoms with Gasteiger partial charge in [-0.3, -0.25) is 4.90 Å². The molecular weight excluding hydrogens is 333 g/mol. The standard InChI is InChI=1S/C18H19F3N2O2/c1-12-7-4-5-10-16(12)25-11-13-14(18(19,20)21)8-6-9-15(13)23(3)17(24)22-2/h4-10H,11H2,1-3H3,(H,22,24). The lowest BCUT2D eigenvalue weighted by molar-refractivity contribution is -0.138. The highest BCUT2D eigenvalue weighted by Crippen LogP contribution is 2.37. The van der Waals surface area contributed by atoms with E-state index in [1.54, 1.807) is 12.1 Å². The fourth-order valence-corrected chi connectivity index (χ4v) is 2.45. The van der Waals surface area contributed by atoms with Gasteiger partial charge in [0.15, 0.2) is 0 Å². The molecule has 0 heterocycles. The first kappa shape index (κ1) is 18.6. The molecule has 4 nitrogen and oxygen atoms in total. The predicted octanol–water partition coefficient (Wildman–Crippen LogP) is 4.37. The molecule has 7 heteroatoms. The molecule has 2 rings (SSSR count). The van der Waals surface area contributed by atoms with Gasteiger partial charge in [-0.05, 0) is 30.7 Å². The number of nitrogens with one attached hydrogen (secondary N) is 1. The summed E-state index contributed by atoms with van der Waals surface area (Å²) in [5.41, 5.74) is 0.0367. The first-order valence-corrected chi connectivity index (χ1v) is 7.58. The van der Waals surface area contributed by atoms with Gasteiger partial charge in [0, 0.05) is 19.7 Å². The van der Waals surface area contributed by atoms with E-state index in [1.165, 1.54) is 26.2 Å². The lowest BCUT2D eigenvalue weighted by atomic mass is 10.0. The molecule has 0 saturated heterocycles. The number of hydrogen-bond donors (Lipinski definition) is 1. The normalized spacial score (nSPS) is 11.1. The second-order valence-corrected chi connectivity index (χ2v) is 5.47. The van der Waals surface area contributed by atoms with E-state index in [1.807, 2.05) is 19.1 Å². The first-order valence-electron chi connectivity index (χ1n) is 7.58. The smallest absolute Gasteiger partial charge is 0.416 e. The number of nitrogens with zero attached hydrogens (tertiary/aromatic N) is 1. The van der Waals surface area contributed by atoms with E-state index in [2.05, 4.69) is 5.32 Å². The highest BCUT2D eigenvalue weighted by Gasteiger charge is 2.35. The quantitative estimate of drug-likeness (QED) is 0.888. The van der Waals surface area contributed by atoms with Crippen molar-refractivity contribution in [1.82, 2.24) is 5.32 Å². The second-order valence-electron chi connectivity index (χ2n) is 5.47. The molecule has 1 N–H and O–H groups in total. The van der Waals surface area contributed by atoms with Gasteiger partial charge in [0.05, 0.1) is 11.3 Å². The lowest BCUT2D eigenvalue weighted by Crippen LogP contribution is -2.35. The largest absolute Gasteiger partial charge is 0.489 e. The molecule has 0 radical (unpaired) electrons. The van der Waals surface area contributed by atoms with Crippen LogP contribution in [0.3, 0.4) is 0 Å². The molecule has 0 atom stereocenters. The van der Waals surface area contributed by atoms with Gasteiger partial charge in [0.1, 0.15) is 12.4 Å². The number of benzene rings is 2. The summed E-state index contributed by atoms with van der Waals surface area (Å²) in [5.74, 6) is 0.494. The van der Waals surface area contributed by atoms with Crippen molar-refractivity contribution in [3.8, 4) is 5.75 Å². The first-order chi connectivity index (χ1) is 11.8. The Labute approximate surface area is 144 Å². The molecule has 0 aliphatic carbocycles. The topological polar surface area (TPSA) is 41.6 Å². The van der Waals surface area contributed by atoms with E-state index in [-0.39, 0.29) is 17.9 Å². The highest BCUT2D eigenvalue weighted by molar-refractivity contribution is 5.92. The van der Waals surface area contributed by atoms with E-state index in [9.17, 15) is 18.0 Å². The van der Waals surface area contributed by atoms with Gasteiger partial charge in [-0.25, -0.2) is 4.79 Å². The number of alkyl halides is 3. The molecule has 0 aromatic heterocycles.